The molecule has 2 aliphatic rings. The number of thiophene rings is 1. The topological polar surface area (TPSA) is 93.0 Å². The number of aliphatic carboxylic acids is 1. The van der Waals surface area contributed by atoms with E-state index in [0.29, 0.717) is 22.9 Å². The van der Waals surface area contributed by atoms with Gasteiger partial charge in [0, 0.05) is 22.3 Å². The minimum atomic E-state index is -1.18. The molecule has 2 aliphatic carbocycles. The molecule has 0 unspecified atom stereocenters. The van der Waals surface area contributed by atoms with Crippen molar-refractivity contribution in [3.05, 3.63) is 52.4 Å². The Labute approximate surface area is 180 Å². The van der Waals surface area contributed by atoms with Gasteiger partial charge in [-0.05, 0) is 42.2 Å². The minimum Gasteiger partial charge on any atom is -0.550 e. The van der Waals surface area contributed by atoms with Gasteiger partial charge < -0.3 is 15.2 Å². The van der Waals surface area contributed by atoms with Gasteiger partial charge in [-0.25, -0.2) is 0 Å². The van der Waals surface area contributed by atoms with E-state index in [9.17, 15) is 20.0 Å². The quantitative estimate of drug-likeness (QED) is 0.745. The molecular weight excluding hydrogens is 396 g/mol. The van der Waals surface area contributed by atoms with Crippen LogP contribution in [-0.4, -0.2) is 11.9 Å². The summed E-state index contributed by atoms with van der Waals surface area (Å²) in [6.45, 7) is 6.19. The van der Waals surface area contributed by atoms with Gasteiger partial charge in [0.2, 0.25) is 5.91 Å². The Kier molecular flexibility index (Phi) is 5.25. The molecule has 4 atom stereocenters. The second-order valence-corrected chi connectivity index (χ2v) is 9.66. The largest absolute Gasteiger partial charge is 0.550 e. The molecule has 1 fully saturated rings. The number of amides is 1. The predicted molar refractivity (Wildman–Crippen MR) is 115 cm³/mol. The van der Waals surface area contributed by atoms with Crippen LogP contribution in [0.15, 0.2) is 36.4 Å². The zero-order chi connectivity index (χ0) is 21.6. The maximum absolute atomic E-state index is 13.0. The number of nitrogens with zero attached hydrogens (tertiary/aromatic N) is 1. The second-order valence-electron chi connectivity index (χ2n) is 8.43. The van der Waals surface area contributed by atoms with Crippen molar-refractivity contribution in [2.75, 3.05) is 5.32 Å². The van der Waals surface area contributed by atoms with E-state index in [1.54, 1.807) is 0 Å². The van der Waals surface area contributed by atoms with Crippen LogP contribution in [0.25, 0.3) is 11.1 Å². The van der Waals surface area contributed by atoms with Gasteiger partial charge in [0.1, 0.15) is 11.1 Å². The molecule has 1 aromatic heterocycles. The maximum Gasteiger partial charge on any atom is 0.229 e. The van der Waals surface area contributed by atoms with Gasteiger partial charge in [-0.3, -0.25) is 4.79 Å². The van der Waals surface area contributed by atoms with Crippen molar-refractivity contribution in [2.24, 2.45) is 23.7 Å². The van der Waals surface area contributed by atoms with Crippen LogP contribution < -0.4 is 10.4 Å². The van der Waals surface area contributed by atoms with Crippen molar-refractivity contribution in [3.8, 4) is 17.2 Å². The highest BCUT2D eigenvalue weighted by Crippen LogP contribution is 2.49. The molecule has 1 amide bonds. The molecule has 1 aromatic carbocycles. The van der Waals surface area contributed by atoms with Crippen molar-refractivity contribution >= 4 is 28.2 Å². The first-order valence-corrected chi connectivity index (χ1v) is 11.0. The molecule has 4 rings (SSSR count). The zero-order valence-corrected chi connectivity index (χ0v) is 18.0. The van der Waals surface area contributed by atoms with Crippen LogP contribution in [0.5, 0.6) is 0 Å². The van der Waals surface area contributed by atoms with E-state index < -0.39 is 17.8 Å². The summed E-state index contributed by atoms with van der Waals surface area (Å²) in [6, 6.07) is 10.4. The Bertz CT molecular complexity index is 1080. The van der Waals surface area contributed by atoms with Crippen molar-refractivity contribution in [2.45, 2.75) is 33.1 Å². The summed E-state index contributed by atoms with van der Waals surface area (Å²) in [7, 11) is 0. The van der Waals surface area contributed by atoms with Crippen LogP contribution in [-0.2, 0) is 9.59 Å². The van der Waals surface area contributed by atoms with E-state index in [2.05, 4.69) is 37.4 Å². The Hall–Kier alpha value is -2.91. The van der Waals surface area contributed by atoms with Crippen molar-refractivity contribution in [1.82, 2.24) is 0 Å². The van der Waals surface area contributed by atoms with Crippen LogP contribution in [0.2, 0.25) is 0 Å². The highest BCUT2D eigenvalue weighted by Gasteiger charge is 2.48. The smallest absolute Gasteiger partial charge is 0.229 e. The standard InChI is InChI=1S/C24H24N2O3S/c1-12(2)14-4-6-15(7-5-14)19-13(3)30-23(18(19)11-25)26-22(27)20-16-8-9-17(10-16)21(20)24(28)29/h4-9,12,16-17,20-21H,10H2,1-3H3,(H,26,27)(H,28,29)/p-1/t16-,17-,20+,21-/m0/s1. The first-order valence-electron chi connectivity index (χ1n) is 10.2. The third-order valence-corrected chi connectivity index (χ3v) is 7.35. The summed E-state index contributed by atoms with van der Waals surface area (Å²) < 4.78 is 0. The monoisotopic (exact) mass is 419 g/mol. The van der Waals surface area contributed by atoms with E-state index in [0.717, 1.165) is 16.0 Å². The Morgan fingerprint density at radius 1 is 1.17 bits per heavy atom. The number of hydrogen-bond donors (Lipinski definition) is 1. The maximum atomic E-state index is 13.0. The van der Waals surface area contributed by atoms with Crippen LogP contribution in [0, 0.1) is 41.9 Å². The lowest BCUT2D eigenvalue weighted by Gasteiger charge is -2.27. The van der Waals surface area contributed by atoms with E-state index >= 15 is 0 Å². The normalized spacial score (nSPS) is 24.2. The SMILES string of the molecule is Cc1sc(NC(=O)[C@H]2[C@@H](C(=O)[O-])[C@H]3C=C[C@H]2C3)c(C#N)c1-c1ccc(C(C)C)cc1. The van der Waals surface area contributed by atoms with Gasteiger partial charge in [0.25, 0.3) is 0 Å². The molecule has 2 bridgehead atoms. The van der Waals surface area contributed by atoms with Crippen LogP contribution in [0.3, 0.4) is 0 Å². The average molecular weight is 420 g/mol. The number of nitrogens with one attached hydrogen (secondary N) is 1. The lowest BCUT2D eigenvalue weighted by atomic mass is 9.82. The molecule has 1 N–H and O–H groups in total. The van der Waals surface area contributed by atoms with Crippen LogP contribution in [0.4, 0.5) is 5.00 Å². The number of fused-ring (bicyclic) bond motifs is 2. The first-order chi connectivity index (χ1) is 14.3. The number of carbonyl (C=O) groups is 2. The summed E-state index contributed by atoms with van der Waals surface area (Å²) in [4.78, 5) is 25.6. The van der Waals surface area contributed by atoms with Gasteiger partial charge in [-0.2, -0.15) is 5.26 Å². The molecule has 154 valence electrons. The average Bonchev–Trinajstić information content (AvgIpc) is 3.40. The Balaban J connectivity index is 1.64. The fourth-order valence-corrected chi connectivity index (χ4v) is 5.85. The third kappa shape index (κ3) is 3.33. The van der Waals surface area contributed by atoms with Crippen molar-refractivity contribution in [1.29, 1.82) is 5.26 Å². The van der Waals surface area contributed by atoms with E-state index in [1.807, 2.05) is 31.2 Å². The predicted octanol–water partition coefficient (Wildman–Crippen LogP) is 3.85. The number of rotatable bonds is 5. The van der Waals surface area contributed by atoms with Gasteiger partial charge in [0.15, 0.2) is 0 Å². The minimum absolute atomic E-state index is 0.0902. The molecule has 0 radical (unpaired) electrons. The van der Waals surface area contributed by atoms with Gasteiger partial charge >= 0.3 is 0 Å². The molecule has 2 aromatic rings. The summed E-state index contributed by atoms with van der Waals surface area (Å²) in [5.74, 6) is -2.82. The van der Waals surface area contributed by atoms with Gasteiger partial charge in [-0.1, -0.05) is 50.3 Å². The number of benzene rings is 1. The van der Waals surface area contributed by atoms with Crippen molar-refractivity contribution in [3.63, 3.8) is 0 Å². The summed E-state index contributed by atoms with van der Waals surface area (Å²) in [5, 5.41) is 24.8. The fraction of sp³-hybridized carbons (Fsp3) is 0.375. The van der Waals surface area contributed by atoms with E-state index in [4.69, 9.17) is 0 Å². The van der Waals surface area contributed by atoms with Crippen LogP contribution >= 0.6 is 11.3 Å². The number of hydrogen-bond acceptors (Lipinski definition) is 5. The molecule has 6 heteroatoms. The molecule has 0 saturated heterocycles. The number of carbonyl (C=O) groups excluding carboxylic acids is 2. The van der Waals surface area contributed by atoms with E-state index in [1.165, 1.54) is 16.9 Å². The highest BCUT2D eigenvalue weighted by atomic mass is 32.1. The highest BCUT2D eigenvalue weighted by molar-refractivity contribution is 7.17. The van der Waals surface area contributed by atoms with Gasteiger partial charge in [0.05, 0.1) is 11.5 Å². The molecule has 1 heterocycles. The Morgan fingerprint density at radius 2 is 1.80 bits per heavy atom. The second kappa shape index (κ2) is 7.73. The number of carboxylic acids is 1. The Morgan fingerprint density at radius 3 is 2.37 bits per heavy atom. The summed E-state index contributed by atoms with van der Waals surface area (Å²) in [6.07, 6.45) is 4.48. The zero-order valence-electron chi connectivity index (χ0n) is 17.1. The van der Waals surface area contributed by atoms with Crippen LogP contribution in [0.1, 0.15) is 42.2 Å². The molecular formula is C24H23N2O3S-. The molecule has 0 spiro atoms. The number of aryl methyl sites for hydroxylation is 1. The van der Waals surface area contributed by atoms with Crippen molar-refractivity contribution < 1.29 is 14.7 Å². The first kappa shape index (κ1) is 20.4. The van der Waals surface area contributed by atoms with Gasteiger partial charge in [-0.15, -0.1) is 11.3 Å². The molecule has 0 aliphatic heterocycles. The van der Waals surface area contributed by atoms with E-state index in [-0.39, 0.29) is 17.7 Å². The lowest BCUT2D eigenvalue weighted by Crippen LogP contribution is -2.42. The lowest BCUT2D eigenvalue weighted by molar-refractivity contribution is -0.313. The molecule has 5 nitrogen and oxygen atoms in total. The molecule has 30 heavy (non-hydrogen) atoms. The molecule has 1 saturated carbocycles. The summed E-state index contributed by atoms with van der Waals surface area (Å²) >= 11 is 1.35. The summed E-state index contributed by atoms with van der Waals surface area (Å²) in [5.41, 5.74) is 3.39. The fourth-order valence-electron chi connectivity index (χ4n) is 4.82. The third-order valence-electron chi connectivity index (χ3n) is 6.33. The number of nitriles is 1. The number of allylic oxidation sites excluding steroid dienone is 2. The number of anilines is 1. The number of carboxylic acid groups (broad SMARTS) is 1.